The molecule has 1 aromatic heterocycles. The van der Waals surface area contributed by atoms with Gasteiger partial charge in [-0.05, 0) is 24.1 Å². The number of aryl methyl sites for hydroxylation is 1. The lowest BCUT2D eigenvalue weighted by atomic mass is 10.1. The van der Waals surface area contributed by atoms with Crippen LogP contribution in [0.25, 0.3) is 10.9 Å². The average molecular weight is 242 g/mol. The van der Waals surface area contributed by atoms with E-state index in [1.807, 2.05) is 0 Å². The molecule has 5 heteroatoms. The summed E-state index contributed by atoms with van der Waals surface area (Å²) in [7, 11) is 0. The van der Waals surface area contributed by atoms with Crippen molar-refractivity contribution in [2.75, 3.05) is 0 Å². The number of carboxylic acid groups (broad SMARTS) is 1. The van der Waals surface area contributed by atoms with Crippen molar-refractivity contribution in [3.05, 3.63) is 34.7 Å². The first-order valence-electron chi connectivity index (χ1n) is 4.75. The first-order chi connectivity index (χ1) is 7.59. The molecule has 1 aromatic carbocycles. The van der Waals surface area contributed by atoms with Crippen LogP contribution in [0.15, 0.2) is 18.3 Å². The summed E-state index contributed by atoms with van der Waals surface area (Å²) in [4.78, 5) is 13.3. The molecule has 0 atom stereocenters. The largest absolute Gasteiger partial charge is 0.481 e. The molecule has 2 N–H and O–H groups in total. The first-order valence-corrected chi connectivity index (χ1v) is 5.13. The van der Waals surface area contributed by atoms with Gasteiger partial charge >= 0.3 is 5.97 Å². The van der Waals surface area contributed by atoms with E-state index >= 15 is 0 Å². The molecule has 2 rings (SSSR count). The fourth-order valence-electron chi connectivity index (χ4n) is 1.64. The highest BCUT2D eigenvalue weighted by Gasteiger charge is 2.10. The Kier molecular flexibility index (Phi) is 2.83. The monoisotopic (exact) mass is 241 g/mol. The molecule has 2 aromatic rings. The van der Waals surface area contributed by atoms with Gasteiger partial charge in [0.15, 0.2) is 0 Å². The third-order valence-electron chi connectivity index (χ3n) is 2.44. The second kappa shape index (κ2) is 4.14. The van der Waals surface area contributed by atoms with Crippen LogP contribution in [0.3, 0.4) is 0 Å². The van der Waals surface area contributed by atoms with Gasteiger partial charge < -0.3 is 10.1 Å². The minimum absolute atomic E-state index is 0.0408. The van der Waals surface area contributed by atoms with Crippen molar-refractivity contribution in [3.8, 4) is 0 Å². The van der Waals surface area contributed by atoms with Crippen molar-refractivity contribution < 1.29 is 14.3 Å². The maximum Gasteiger partial charge on any atom is 0.303 e. The van der Waals surface area contributed by atoms with E-state index in [0.717, 1.165) is 10.9 Å². The summed E-state index contributed by atoms with van der Waals surface area (Å²) in [6.45, 7) is 0. The van der Waals surface area contributed by atoms with Crippen LogP contribution in [0, 0.1) is 5.82 Å². The van der Waals surface area contributed by atoms with Crippen LogP contribution in [-0.2, 0) is 11.2 Å². The summed E-state index contributed by atoms with van der Waals surface area (Å²) < 4.78 is 13.1. The van der Waals surface area contributed by atoms with E-state index in [-0.39, 0.29) is 11.4 Å². The van der Waals surface area contributed by atoms with Crippen LogP contribution < -0.4 is 0 Å². The minimum atomic E-state index is -0.859. The molecule has 0 spiro atoms. The average Bonchev–Trinajstić information content (AvgIpc) is 2.64. The van der Waals surface area contributed by atoms with Crippen LogP contribution in [0.4, 0.5) is 4.39 Å². The van der Waals surface area contributed by atoms with Gasteiger partial charge in [-0.25, -0.2) is 4.39 Å². The Balaban J connectivity index is 2.42. The number of aromatic nitrogens is 1. The summed E-state index contributed by atoms with van der Waals surface area (Å²) in [6.07, 6.45) is 2.11. The van der Waals surface area contributed by atoms with E-state index in [1.165, 1.54) is 6.07 Å². The second-order valence-electron chi connectivity index (χ2n) is 3.49. The Bertz CT molecular complexity index is 550. The van der Waals surface area contributed by atoms with Gasteiger partial charge in [-0.1, -0.05) is 11.6 Å². The number of hydrogen-bond donors (Lipinski definition) is 2. The zero-order valence-electron chi connectivity index (χ0n) is 8.26. The molecule has 0 saturated carbocycles. The molecule has 0 amide bonds. The highest BCUT2D eigenvalue weighted by atomic mass is 35.5. The normalized spacial score (nSPS) is 10.9. The molecule has 84 valence electrons. The molecule has 0 fully saturated rings. The van der Waals surface area contributed by atoms with Gasteiger partial charge in [0.25, 0.3) is 0 Å². The molecule has 0 unspecified atom stereocenters. The number of H-pyrrole nitrogens is 1. The Hall–Kier alpha value is -1.55. The lowest BCUT2D eigenvalue weighted by Crippen LogP contribution is -1.96. The summed E-state index contributed by atoms with van der Waals surface area (Å²) in [5, 5.41) is 9.40. The number of halogens is 2. The Morgan fingerprint density at radius 3 is 2.94 bits per heavy atom. The van der Waals surface area contributed by atoms with Crippen molar-refractivity contribution in [2.45, 2.75) is 12.8 Å². The van der Waals surface area contributed by atoms with Crippen LogP contribution in [0.2, 0.25) is 5.02 Å². The molecule has 0 bridgehead atoms. The highest BCUT2D eigenvalue weighted by Crippen LogP contribution is 2.28. The fraction of sp³-hybridized carbons (Fsp3) is 0.182. The number of nitrogens with one attached hydrogen (secondary N) is 1. The van der Waals surface area contributed by atoms with Gasteiger partial charge in [0.05, 0.1) is 5.52 Å². The van der Waals surface area contributed by atoms with Crippen LogP contribution in [-0.4, -0.2) is 16.1 Å². The van der Waals surface area contributed by atoms with Crippen molar-refractivity contribution >= 4 is 28.5 Å². The first kappa shape index (κ1) is 11.0. The zero-order chi connectivity index (χ0) is 11.7. The smallest absolute Gasteiger partial charge is 0.303 e. The summed E-state index contributed by atoms with van der Waals surface area (Å²) in [5.74, 6) is -1.34. The van der Waals surface area contributed by atoms with E-state index in [2.05, 4.69) is 4.98 Å². The third kappa shape index (κ3) is 1.88. The molecule has 1 heterocycles. The number of fused-ring (bicyclic) bond motifs is 1. The lowest BCUT2D eigenvalue weighted by molar-refractivity contribution is -0.136. The predicted octanol–water partition coefficient (Wildman–Crippen LogP) is 2.98. The van der Waals surface area contributed by atoms with Crippen LogP contribution in [0.5, 0.6) is 0 Å². The number of benzene rings is 1. The van der Waals surface area contributed by atoms with E-state index < -0.39 is 11.8 Å². The van der Waals surface area contributed by atoms with E-state index in [1.54, 1.807) is 12.3 Å². The second-order valence-corrected chi connectivity index (χ2v) is 3.87. The molecular formula is C11H9ClFNO2. The van der Waals surface area contributed by atoms with Gasteiger partial charge in [0, 0.05) is 18.0 Å². The topological polar surface area (TPSA) is 53.1 Å². The van der Waals surface area contributed by atoms with Crippen molar-refractivity contribution in [1.29, 1.82) is 0 Å². The third-order valence-corrected chi connectivity index (χ3v) is 2.81. The molecule has 3 nitrogen and oxygen atoms in total. The summed E-state index contributed by atoms with van der Waals surface area (Å²) >= 11 is 5.78. The van der Waals surface area contributed by atoms with Gasteiger partial charge in [-0.3, -0.25) is 4.79 Å². The van der Waals surface area contributed by atoms with Crippen molar-refractivity contribution in [3.63, 3.8) is 0 Å². The van der Waals surface area contributed by atoms with Gasteiger partial charge in [-0.15, -0.1) is 0 Å². The Morgan fingerprint density at radius 2 is 2.25 bits per heavy atom. The number of hydrogen-bond acceptors (Lipinski definition) is 1. The van der Waals surface area contributed by atoms with E-state index in [0.29, 0.717) is 11.9 Å². The predicted molar refractivity (Wildman–Crippen MR) is 59.2 cm³/mol. The number of carboxylic acids is 1. The summed E-state index contributed by atoms with van der Waals surface area (Å²) in [5.41, 5.74) is 1.35. The Morgan fingerprint density at radius 1 is 1.50 bits per heavy atom. The molecule has 0 aliphatic carbocycles. The van der Waals surface area contributed by atoms with Gasteiger partial charge in [-0.2, -0.15) is 0 Å². The highest BCUT2D eigenvalue weighted by molar-refractivity contribution is 6.35. The SMILES string of the molecule is O=C(O)CCc1c[nH]c2c(Cl)c(F)ccc12. The van der Waals surface area contributed by atoms with Crippen LogP contribution >= 0.6 is 11.6 Å². The van der Waals surface area contributed by atoms with E-state index in [4.69, 9.17) is 16.7 Å². The lowest BCUT2D eigenvalue weighted by Gasteiger charge is -1.98. The minimum Gasteiger partial charge on any atom is -0.481 e. The molecule has 16 heavy (non-hydrogen) atoms. The van der Waals surface area contributed by atoms with Crippen molar-refractivity contribution in [2.24, 2.45) is 0 Å². The molecule has 0 saturated heterocycles. The standard InChI is InChI=1S/C11H9ClFNO2/c12-10-8(13)3-2-7-6(1-4-9(15)16)5-14-11(7)10/h2-3,5,14H,1,4H2,(H,15,16). The molecule has 0 aliphatic heterocycles. The number of rotatable bonds is 3. The quantitative estimate of drug-likeness (QED) is 0.868. The molecule has 0 radical (unpaired) electrons. The Labute approximate surface area is 95.8 Å². The number of carbonyl (C=O) groups is 1. The van der Waals surface area contributed by atoms with Gasteiger partial charge in [0.1, 0.15) is 10.8 Å². The van der Waals surface area contributed by atoms with E-state index in [9.17, 15) is 9.18 Å². The summed E-state index contributed by atoms with van der Waals surface area (Å²) in [6, 6.07) is 2.88. The van der Waals surface area contributed by atoms with Crippen molar-refractivity contribution in [1.82, 2.24) is 4.98 Å². The van der Waals surface area contributed by atoms with Crippen LogP contribution in [0.1, 0.15) is 12.0 Å². The number of aliphatic carboxylic acids is 1. The van der Waals surface area contributed by atoms with Gasteiger partial charge in [0.2, 0.25) is 0 Å². The number of aromatic amines is 1. The fourth-order valence-corrected chi connectivity index (χ4v) is 1.86. The zero-order valence-corrected chi connectivity index (χ0v) is 9.01. The maximum absolute atomic E-state index is 13.1. The maximum atomic E-state index is 13.1. The molecular weight excluding hydrogens is 233 g/mol. The molecule has 0 aliphatic rings.